The van der Waals surface area contributed by atoms with Crippen LogP contribution in [0.25, 0.3) is 0 Å². The van der Waals surface area contributed by atoms with Gasteiger partial charge in [0.2, 0.25) is 5.91 Å². The van der Waals surface area contributed by atoms with E-state index in [2.05, 4.69) is 0 Å². The van der Waals surface area contributed by atoms with E-state index < -0.39 is 0 Å². The molecular formula is C14H25NO2. The summed E-state index contributed by atoms with van der Waals surface area (Å²) in [5.41, 5.74) is 0. The monoisotopic (exact) mass is 239 g/mol. The molecule has 0 unspecified atom stereocenters. The molecule has 0 aromatic heterocycles. The first kappa shape index (κ1) is 12.9. The van der Waals surface area contributed by atoms with Gasteiger partial charge in [0, 0.05) is 19.5 Å². The summed E-state index contributed by atoms with van der Waals surface area (Å²) in [7, 11) is 1.95. The molecule has 0 aliphatic heterocycles. The van der Waals surface area contributed by atoms with E-state index >= 15 is 0 Å². The van der Waals surface area contributed by atoms with Crippen LogP contribution in [0.4, 0.5) is 0 Å². The van der Waals surface area contributed by atoms with Crippen LogP contribution in [0.2, 0.25) is 0 Å². The summed E-state index contributed by atoms with van der Waals surface area (Å²) in [6.07, 6.45) is 8.43. The van der Waals surface area contributed by atoms with Crippen molar-refractivity contribution in [3.63, 3.8) is 0 Å². The molecule has 2 aliphatic carbocycles. The predicted molar refractivity (Wildman–Crippen MR) is 67.6 cm³/mol. The highest BCUT2D eigenvalue weighted by Gasteiger charge is 2.28. The average molecular weight is 239 g/mol. The number of aliphatic hydroxyl groups is 1. The van der Waals surface area contributed by atoms with E-state index in [1.165, 1.54) is 25.7 Å². The summed E-state index contributed by atoms with van der Waals surface area (Å²) >= 11 is 0. The molecule has 0 bridgehead atoms. The largest absolute Gasteiger partial charge is 0.393 e. The molecule has 0 spiro atoms. The third-order valence-electron chi connectivity index (χ3n) is 4.43. The van der Waals surface area contributed by atoms with Crippen molar-refractivity contribution in [3.05, 3.63) is 0 Å². The van der Waals surface area contributed by atoms with Crippen LogP contribution in [0.3, 0.4) is 0 Å². The minimum atomic E-state index is -0.167. The summed E-state index contributed by atoms with van der Waals surface area (Å²) in [6.45, 7) is 0.942. The Hall–Kier alpha value is -0.570. The molecule has 1 N–H and O–H groups in total. The molecule has 98 valence electrons. The van der Waals surface area contributed by atoms with Crippen molar-refractivity contribution in [1.82, 2.24) is 4.90 Å². The molecule has 0 aromatic rings. The van der Waals surface area contributed by atoms with Gasteiger partial charge in [-0.25, -0.2) is 0 Å². The van der Waals surface area contributed by atoms with E-state index in [0.717, 1.165) is 38.1 Å². The van der Waals surface area contributed by atoms with E-state index in [0.29, 0.717) is 5.91 Å². The number of carbonyl (C=O) groups is 1. The average Bonchev–Trinajstić information content (AvgIpc) is 2.82. The Labute approximate surface area is 104 Å². The number of hydrogen-bond donors (Lipinski definition) is 1. The van der Waals surface area contributed by atoms with Gasteiger partial charge in [-0.3, -0.25) is 4.79 Å². The fourth-order valence-corrected chi connectivity index (χ4v) is 3.30. The minimum absolute atomic E-state index is 0.167. The number of rotatable bonds is 3. The maximum atomic E-state index is 12.2. The third kappa shape index (κ3) is 3.44. The lowest BCUT2D eigenvalue weighted by atomic mass is 9.86. The van der Waals surface area contributed by atoms with Crippen molar-refractivity contribution in [2.24, 2.45) is 11.8 Å². The molecule has 0 radical (unpaired) electrons. The lowest BCUT2D eigenvalue weighted by Gasteiger charge is -2.29. The van der Waals surface area contributed by atoms with Gasteiger partial charge in [-0.2, -0.15) is 0 Å². The number of aliphatic hydroxyl groups excluding tert-OH is 1. The normalized spacial score (nSPS) is 30.5. The molecule has 2 rings (SSSR count). The van der Waals surface area contributed by atoms with Crippen molar-refractivity contribution in [2.45, 2.75) is 57.5 Å². The number of hydrogen-bond acceptors (Lipinski definition) is 2. The van der Waals surface area contributed by atoms with Gasteiger partial charge >= 0.3 is 0 Å². The zero-order valence-corrected chi connectivity index (χ0v) is 10.9. The number of nitrogens with zero attached hydrogens (tertiary/aromatic N) is 1. The Balaban J connectivity index is 1.77. The van der Waals surface area contributed by atoms with E-state index in [9.17, 15) is 9.90 Å². The quantitative estimate of drug-likeness (QED) is 0.820. The second kappa shape index (κ2) is 5.85. The maximum absolute atomic E-state index is 12.2. The maximum Gasteiger partial charge on any atom is 0.225 e. The van der Waals surface area contributed by atoms with Crippen molar-refractivity contribution in [3.8, 4) is 0 Å². The summed E-state index contributed by atoms with van der Waals surface area (Å²) in [4.78, 5) is 14.2. The first-order valence-corrected chi connectivity index (χ1v) is 7.10. The SMILES string of the molecule is CN(CC1CCCC1)C(=O)C1CCC(O)CC1. The molecule has 3 heteroatoms. The highest BCUT2D eigenvalue weighted by Crippen LogP contribution is 2.28. The topological polar surface area (TPSA) is 40.5 Å². The van der Waals surface area contributed by atoms with Gasteiger partial charge in [0.05, 0.1) is 6.10 Å². The minimum Gasteiger partial charge on any atom is -0.393 e. The summed E-state index contributed by atoms with van der Waals surface area (Å²) < 4.78 is 0. The first-order chi connectivity index (χ1) is 8.16. The second-order valence-corrected chi connectivity index (χ2v) is 5.87. The molecule has 2 aliphatic rings. The highest BCUT2D eigenvalue weighted by molar-refractivity contribution is 5.78. The zero-order chi connectivity index (χ0) is 12.3. The Morgan fingerprint density at radius 1 is 1.12 bits per heavy atom. The van der Waals surface area contributed by atoms with Crippen LogP contribution in [-0.2, 0) is 4.79 Å². The fourth-order valence-electron chi connectivity index (χ4n) is 3.30. The predicted octanol–water partition coefficient (Wildman–Crippen LogP) is 2.19. The van der Waals surface area contributed by atoms with Crippen LogP contribution in [-0.4, -0.2) is 35.6 Å². The van der Waals surface area contributed by atoms with Crippen molar-refractivity contribution in [2.75, 3.05) is 13.6 Å². The van der Waals surface area contributed by atoms with Gasteiger partial charge in [0.1, 0.15) is 0 Å². The van der Waals surface area contributed by atoms with Gasteiger partial charge in [-0.1, -0.05) is 12.8 Å². The molecule has 3 nitrogen and oxygen atoms in total. The van der Waals surface area contributed by atoms with Gasteiger partial charge in [0.15, 0.2) is 0 Å². The molecule has 17 heavy (non-hydrogen) atoms. The van der Waals surface area contributed by atoms with Crippen LogP contribution in [0.1, 0.15) is 51.4 Å². The van der Waals surface area contributed by atoms with Gasteiger partial charge < -0.3 is 10.0 Å². The summed E-state index contributed by atoms with van der Waals surface area (Å²) in [6, 6.07) is 0. The van der Waals surface area contributed by atoms with Crippen molar-refractivity contribution >= 4 is 5.91 Å². The number of amides is 1. The third-order valence-corrected chi connectivity index (χ3v) is 4.43. The van der Waals surface area contributed by atoms with Crippen molar-refractivity contribution in [1.29, 1.82) is 0 Å². The van der Waals surface area contributed by atoms with Gasteiger partial charge in [-0.05, 0) is 44.4 Å². The lowest BCUT2D eigenvalue weighted by molar-refractivity contribution is -0.136. The molecule has 0 saturated heterocycles. The molecule has 0 atom stereocenters. The first-order valence-electron chi connectivity index (χ1n) is 7.10. The highest BCUT2D eigenvalue weighted by atomic mass is 16.3. The second-order valence-electron chi connectivity index (χ2n) is 5.87. The molecule has 1 amide bonds. The molecule has 2 fully saturated rings. The number of carbonyl (C=O) groups excluding carboxylic acids is 1. The van der Waals surface area contributed by atoms with Gasteiger partial charge in [-0.15, -0.1) is 0 Å². The molecule has 0 aromatic carbocycles. The zero-order valence-electron chi connectivity index (χ0n) is 10.9. The Kier molecular flexibility index (Phi) is 4.43. The Morgan fingerprint density at radius 3 is 2.29 bits per heavy atom. The van der Waals surface area contributed by atoms with E-state index in [1.807, 2.05) is 11.9 Å². The van der Waals surface area contributed by atoms with Crippen molar-refractivity contribution < 1.29 is 9.90 Å². The lowest BCUT2D eigenvalue weighted by Crippen LogP contribution is -2.38. The molecule has 0 heterocycles. The van der Waals surface area contributed by atoms with Crippen LogP contribution in [0.15, 0.2) is 0 Å². The van der Waals surface area contributed by atoms with E-state index in [1.54, 1.807) is 0 Å². The van der Waals surface area contributed by atoms with Gasteiger partial charge in [0.25, 0.3) is 0 Å². The summed E-state index contributed by atoms with van der Waals surface area (Å²) in [5.74, 6) is 1.21. The standard InChI is InChI=1S/C14H25NO2/c1-15(10-11-4-2-3-5-11)14(17)12-6-8-13(16)9-7-12/h11-13,16H,2-10H2,1H3. The summed E-state index contributed by atoms with van der Waals surface area (Å²) in [5, 5.41) is 9.45. The van der Waals surface area contributed by atoms with Crippen LogP contribution < -0.4 is 0 Å². The Bertz CT molecular complexity index is 253. The smallest absolute Gasteiger partial charge is 0.225 e. The molecule has 2 saturated carbocycles. The fraction of sp³-hybridized carbons (Fsp3) is 0.929. The van der Waals surface area contributed by atoms with Crippen LogP contribution >= 0.6 is 0 Å². The van der Waals surface area contributed by atoms with E-state index in [-0.39, 0.29) is 12.0 Å². The molecular weight excluding hydrogens is 214 g/mol. The Morgan fingerprint density at radius 2 is 1.71 bits per heavy atom. The van der Waals surface area contributed by atoms with Crippen LogP contribution in [0.5, 0.6) is 0 Å². The van der Waals surface area contributed by atoms with E-state index in [4.69, 9.17) is 0 Å². The van der Waals surface area contributed by atoms with Crippen LogP contribution in [0, 0.1) is 11.8 Å².